The van der Waals surface area contributed by atoms with Crippen LogP contribution in [0.1, 0.15) is 43.2 Å². The molecule has 7 heteroatoms. The lowest BCUT2D eigenvalue weighted by Crippen LogP contribution is -2.44. The number of halogens is 4. The van der Waals surface area contributed by atoms with Crippen LogP contribution in [-0.4, -0.2) is 47.9 Å². The number of benzene rings is 1. The first-order valence-electron chi connectivity index (χ1n) is 9.42. The summed E-state index contributed by atoms with van der Waals surface area (Å²) in [6.07, 6.45) is 3.37. The van der Waals surface area contributed by atoms with E-state index in [0.717, 1.165) is 44.6 Å². The van der Waals surface area contributed by atoms with Crippen LogP contribution in [0.4, 0.5) is 17.6 Å². The van der Waals surface area contributed by atoms with Crippen LogP contribution in [0.5, 0.6) is 0 Å². The van der Waals surface area contributed by atoms with Gasteiger partial charge in [0.1, 0.15) is 5.82 Å². The SMILES string of the molecule is O=C(/C=C/c1cc(F)cc(C(F)(F)F)c1)N1CCC[C@H]1CN1CCCCC1. The highest BCUT2D eigenvalue weighted by Crippen LogP contribution is 2.30. The molecule has 1 atom stereocenters. The van der Waals surface area contributed by atoms with Crippen LogP contribution in [0.2, 0.25) is 0 Å². The molecule has 148 valence electrons. The fourth-order valence-electron chi connectivity index (χ4n) is 3.89. The van der Waals surface area contributed by atoms with E-state index in [4.69, 9.17) is 0 Å². The second kappa shape index (κ2) is 8.42. The third kappa shape index (κ3) is 5.31. The second-order valence-electron chi connectivity index (χ2n) is 7.29. The van der Waals surface area contributed by atoms with Gasteiger partial charge in [-0.2, -0.15) is 13.2 Å². The van der Waals surface area contributed by atoms with Gasteiger partial charge in [0, 0.05) is 25.2 Å². The van der Waals surface area contributed by atoms with Gasteiger partial charge in [-0.3, -0.25) is 4.79 Å². The fourth-order valence-corrected chi connectivity index (χ4v) is 3.89. The quantitative estimate of drug-likeness (QED) is 0.570. The van der Waals surface area contributed by atoms with Crippen molar-refractivity contribution >= 4 is 12.0 Å². The van der Waals surface area contributed by atoms with Crippen LogP contribution in [0.15, 0.2) is 24.3 Å². The van der Waals surface area contributed by atoms with E-state index in [-0.39, 0.29) is 17.5 Å². The lowest BCUT2D eigenvalue weighted by atomic mass is 10.1. The summed E-state index contributed by atoms with van der Waals surface area (Å²) < 4.78 is 51.9. The number of piperidine rings is 1. The molecule has 0 spiro atoms. The number of nitrogens with zero attached hydrogens (tertiary/aromatic N) is 2. The zero-order valence-corrected chi connectivity index (χ0v) is 15.1. The van der Waals surface area contributed by atoms with Crippen molar-refractivity contribution in [2.24, 2.45) is 0 Å². The van der Waals surface area contributed by atoms with Gasteiger partial charge in [-0.25, -0.2) is 4.39 Å². The minimum atomic E-state index is -4.62. The smallest absolute Gasteiger partial charge is 0.335 e. The molecule has 2 fully saturated rings. The maximum atomic E-state index is 13.5. The van der Waals surface area contributed by atoms with Crippen molar-refractivity contribution in [3.05, 3.63) is 41.2 Å². The number of hydrogen-bond acceptors (Lipinski definition) is 2. The third-order valence-electron chi connectivity index (χ3n) is 5.24. The topological polar surface area (TPSA) is 23.6 Å². The van der Waals surface area contributed by atoms with Gasteiger partial charge >= 0.3 is 6.18 Å². The number of amides is 1. The molecular weight excluding hydrogens is 360 g/mol. The first-order chi connectivity index (χ1) is 12.8. The summed E-state index contributed by atoms with van der Waals surface area (Å²) in [6, 6.07) is 2.43. The van der Waals surface area contributed by atoms with E-state index >= 15 is 0 Å². The van der Waals surface area contributed by atoms with Crippen LogP contribution in [0, 0.1) is 5.82 Å². The highest BCUT2D eigenvalue weighted by atomic mass is 19.4. The van der Waals surface area contributed by atoms with Crippen molar-refractivity contribution in [2.75, 3.05) is 26.2 Å². The molecule has 0 unspecified atom stereocenters. The van der Waals surface area contributed by atoms with E-state index in [1.54, 1.807) is 4.90 Å². The predicted molar refractivity (Wildman–Crippen MR) is 95.5 cm³/mol. The van der Waals surface area contributed by atoms with Gasteiger partial charge in [0.05, 0.1) is 5.56 Å². The molecule has 0 aromatic heterocycles. The molecule has 3 nitrogen and oxygen atoms in total. The number of rotatable bonds is 4. The molecule has 27 heavy (non-hydrogen) atoms. The normalized spacial score (nSPS) is 21.9. The molecule has 2 aliphatic heterocycles. The van der Waals surface area contributed by atoms with E-state index in [2.05, 4.69) is 4.90 Å². The van der Waals surface area contributed by atoms with Crippen molar-refractivity contribution in [1.82, 2.24) is 9.80 Å². The van der Waals surface area contributed by atoms with Crippen molar-refractivity contribution in [3.63, 3.8) is 0 Å². The second-order valence-corrected chi connectivity index (χ2v) is 7.29. The minimum Gasteiger partial charge on any atom is -0.335 e. The zero-order valence-electron chi connectivity index (χ0n) is 15.1. The van der Waals surface area contributed by atoms with Crippen LogP contribution in [-0.2, 0) is 11.0 Å². The van der Waals surface area contributed by atoms with Crippen molar-refractivity contribution < 1.29 is 22.4 Å². The van der Waals surface area contributed by atoms with Crippen molar-refractivity contribution in [1.29, 1.82) is 0 Å². The Kier molecular flexibility index (Phi) is 6.19. The van der Waals surface area contributed by atoms with Gasteiger partial charge in [0.15, 0.2) is 0 Å². The first kappa shape index (κ1) is 19.9. The molecule has 2 heterocycles. The van der Waals surface area contributed by atoms with Gasteiger partial charge in [-0.15, -0.1) is 0 Å². The van der Waals surface area contributed by atoms with E-state index in [9.17, 15) is 22.4 Å². The monoisotopic (exact) mass is 384 g/mol. The molecule has 0 aliphatic carbocycles. The fraction of sp³-hybridized carbons (Fsp3) is 0.550. The molecule has 2 aliphatic rings. The summed E-state index contributed by atoms with van der Waals surface area (Å²) in [5.41, 5.74) is -1.03. The summed E-state index contributed by atoms with van der Waals surface area (Å²) in [5.74, 6) is -1.20. The first-order valence-corrected chi connectivity index (χ1v) is 9.42. The molecular formula is C20H24F4N2O. The Morgan fingerprint density at radius 3 is 2.52 bits per heavy atom. The Bertz CT molecular complexity index is 696. The number of likely N-dealkylation sites (tertiary alicyclic amines) is 2. The maximum Gasteiger partial charge on any atom is 0.416 e. The van der Waals surface area contributed by atoms with Crippen LogP contribution < -0.4 is 0 Å². The lowest BCUT2D eigenvalue weighted by molar-refractivity contribution is -0.137. The van der Waals surface area contributed by atoms with Crippen LogP contribution in [0.25, 0.3) is 6.08 Å². The Morgan fingerprint density at radius 1 is 1.07 bits per heavy atom. The number of carbonyl (C=O) groups excluding carboxylic acids is 1. The summed E-state index contributed by atoms with van der Waals surface area (Å²) in [6.45, 7) is 3.60. The Hall–Kier alpha value is -1.89. The molecule has 1 amide bonds. The highest BCUT2D eigenvalue weighted by Gasteiger charge is 2.31. The average Bonchev–Trinajstić information content (AvgIpc) is 3.07. The Balaban J connectivity index is 1.66. The molecule has 0 radical (unpaired) electrons. The Morgan fingerprint density at radius 2 is 1.81 bits per heavy atom. The van der Waals surface area contributed by atoms with Gasteiger partial charge in [0.25, 0.3) is 0 Å². The number of carbonyl (C=O) groups is 1. The van der Waals surface area contributed by atoms with Crippen molar-refractivity contribution in [3.8, 4) is 0 Å². The van der Waals surface area contributed by atoms with E-state index < -0.39 is 17.6 Å². The minimum absolute atomic E-state index is 0.0300. The summed E-state index contributed by atoms with van der Waals surface area (Å²) in [7, 11) is 0. The van der Waals surface area contributed by atoms with Gasteiger partial charge < -0.3 is 9.80 Å². The average molecular weight is 384 g/mol. The molecule has 1 aromatic rings. The molecule has 2 saturated heterocycles. The molecule has 0 N–H and O–H groups in total. The molecule has 0 saturated carbocycles. The molecule has 3 rings (SSSR count). The largest absolute Gasteiger partial charge is 0.416 e. The van der Waals surface area contributed by atoms with Crippen LogP contribution >= 0.6 is 0 Å². The van der Waals surface area contributed by atoms with Crippen molar-refractivity contribution in [2.45, 2.75) is 44.3 Å². The third-order valence-corrected chi connectivity index (χ3v) is 5.24. The zero-order chi connectivity index (χ0) is 19.4. The van der Waals surface area contributed by atoms with E-state index in [1.165, 1.54) is 31.4 Å². The van der Waals surface area contributed by atoms with Gasteiger partial charge in [-0.1, -0.05) is 6.42 Å². The summed E-state index contributed by atoms with van der Waals surface area (Å²) >= 11 is 0. The summed E-state index contributed by atoms with van der Waals surface area (Å²) in [4.78, 5) is 16.7. The number of hydrogen-bond donors (Lipinski definition) is 0. The standard InChI is InChI=1S/C20H24F4N2O/c21-17-12-15(11-16(13-17)20(22,23)24)6-7-19(27)26-10-4-5-18(26)14-25-8-2-1-3-9-25/h6-7,11-13,18H,1-5,8-10,14H2/b7-6+/t18-/m0/s1. The van der Waals surface area contributed by atoms with E-state index in [0.29, 0.717) is 12.6 Å². The lowest BCUT2D eigenvalue weighted by Gasteiger charge is -2.32. The molecule has 0 bridgehead atoms. The Labute approximate surface area is 156 Å². The van der Waals surface area contributed by atoms with Gasteiger partial charge in [-0.05, 0) is 68.6 Å². The molecule has 1 aromatic carbocycles. The van der Waals surface area contributed by atoms with Gasteiger partial charge in [0.2, 0.25) is 5.91 Å². The number of alkyl halides is 3. The van der Waals surface area contributed by atoms with Crippen LogP contribution in [0.3, 0.4) is 0 Å². The van der Waals surface area contributed by atoms with E-state index in [1.807, 2.05) is 0 Å². The summed E-state index contributed by atoms with van der Waals surface area (Å²) in [5, 5.41) is 0. The highest BCUT2D eigenvalue weighted by molar-refractivity contribution is 5.92. The maximum absolute atomic E-state index is 13.5. The predicted octanol–water partition coefficient (Wildman–Crippen LogP) is 4.33.